The molecule has 2 amide bonds. The minimum absolute atomic E-state index is 0.00120. The number of nitrogens with two attached hydrogens (primary N) is 1. The lowest BCUT2D eigenvalue weighted by Gasteiger charge is -2.30. The molecule has 0 spiro atoms. The van der Waals surface area contributed by atoms with Crippen molar-refractivity contribution in [3.05, 3.63) is 29.8 Å². The van der Waals surface area contributed by atoms with Crippen LogP contribution in [0.3, 0.4) is 0 Å². The molecule has 1 fully saturated rings. The predicted octanol–water partition coefficient (Wildman–Crippen LogP) is 2.56. The van der Waals surface area contributed by atoms with Gasteiger partial charge in [0.15, 0.2) is 0 Å². The minimum atomic E-state index is -0.199. The first kappa shape index (κ1) is 18.5. The molecule has 1 saturated heterocycles. The summed E-state index contributed by atoms with van der Waals surface area (Å²) in [5, 5.41) is 2.95. The third-order valence-corrected chi connectivity index (χ3v) is 4.70. The topological polar surface area (TPSA) is 75.4 Å². The molecule has 1 aromatic rings. The van der Waals surface area contributed by atoms with Gasteiger partial charge in [-0.3, -0.25) is 9.59 Å². The van der Waals surface area contributed by atoms with E-state index >= 15 is 0 Å². The van der Waals surface area contributed by atoms with E-state index in [-0.39, 0.29) is 17.7 Å². The second-order valence-corrected chi connectivity index (χ2v) is 6.62. The van der Waals surface area contributed by atoms with E-state index in [0.717, 1.165) is 44.6 Å². The zero-order valence-corrected chi connectivity index (χ0v) is 14.6. The summed E-state index contributed by atoms with van der Waals surface area (Å²) >= 11 is 0. The van der Waals surface area contributed by atoms with Crippen LogP contribution in [0.1, 0.15) is 44.6 Å². The summed E-state index contributed by atoms with van der Waals surface area (Å²) in [5.41, 5.74) is 7.50. The number of unbranched alkanes of at least 4 members (excludes halogenated alkanes) is 1. The molecular formula is C19H29N3O2. The number of amides is 2. The van der Waals surface area contributed by atoms with Crippen LogP contribution in [0.5, 0.6) is 0 Å². The number of piperidine rings is 1. The Morgan fingerprint density at radius 2 is 1.88 bits per heavy atom. The van der Waals surface area contributed by atoms with E-state index < -0.39 is 0 Å². The smallest absolute Gasteiger partial charge is 0.225 e. The fourth-order valence-corrected chi connectivity index (χ4v) is 3.06. The van der Waals surface area contributed by atoms with Crippen molar-refractivity contribution in [1.82, 2.24) is 4.90 Å². The molecule has 5 heteroatoms. The van der Waals surface area contributed by atoms with Gasteiger partial charge in [0, 0.05) is 24.6 Å². The summed E-state index contributed by atoms with van der Waals surface area (Å²) < 4.78 is 0. The van der Waals surface area contributed by atoms with Crippen LogP contribution in [-0.2, 0) is 16.0 Å². The first-order valence-corrected chi connectivity index (χ1v) is 8.99. The number of primary amides is 1. The van der Waals surface area contributed by atoms with E-state index in [4.69, 9.17) is 5.73 Å². The third kappa shape index (κ3) is 5.96. The van der Waals surface area contributed by atoms with Gasteiger partial charge in [0.05, 0.1) is 0 Å². The summed E-state index contributed by atoms with van der Waals surface area (Å²) in [5.74, 6) is -0.163. The lowest BCUT2D eigenvalue weighted by Crippen LogP contribution is -2.39. The number of likely N-dealkylation sites (tertiary alicyclic amines) is 1. The van der Waals surface area contributed by atoms with Crippen LogP contribution < -0.4 is 11.1 Å². The van der Waals surface area contributed by atoms with Crippen molar-refractivity contribution in [3.8, 4) is 0 Å². The van der Waals surface area contributed by atoms with E-state index in [0.29, 0.717) is 6.42 Å². The van der Waals surface area contributed by atoms with Gasteiger partial charge in [-0.1, -0.05) is 25.5 Å². The Kier molecular flexibility index (Phi) is 7.25. The number of benzene rings is 1. The molecule has 1 heterocycles. The highest BCUT2D eigenvalue weighted by atomic mass is 16.2. The van der Waals surface area contributed by atoms with E-state index in [2.05, 4.69) is 29.3 Å². The van der Waals surface area contributed by atoms with Gasteiger partial charge >= 0.3 is 0 Å². The molecule has 3 N–H and O–H groups in total. The quantitative estimate of drug-likeness (QED) is 0.769. The Morgan fingerprint density at radius 1 is 1.21 bits per heavy atom. The lowest BCUT2D eigenvalue weighted by molar-refractivity contribution is -0.123. The summed E-state index contributed by atoms with van der Waals surface area (Å²) in [6.07, 6.45) is 5.55. The van der Waals surface area contributed by atoms with Gasteiger partial charge in [0.1, 0.15) is 0 Å². The zero-order valence-electron chi connectivity index (χ0n) is 14.6. The molecule has 1 aliphatic heterocycles. The number of nitrogens with one attached hydrogen (secondary N) is 1. The van der Waals surface area contributed by atoms with Crippen molar-refractivity contribution in [2.75, 3.05) is 25.0 Å². The van der Waals surface area contributed by atoms with Crippen LogP contribution in [0.15, 0.2) is 24.3 Å². The minimum Gasteiger partial charge on any atom is -0.369 e. The Labute approximate surface area is 144 Å². The molecule has 0 unspecified atom stereocenters. The van der Waals surface area contributed by atoms with Gasteiger partial charge in [0.2, 0.25) is 11.8 Å². The molecule has 5 nitrogen and oxygen atoms in total. The maximum atomic E-state index is 12.1. The van der Waals surface area contributed by atoms with E-state index in [1.54, 1.807) is 0 Å². The van der Waals surface area contributed by atoms with Gasteiger partial charge in [-0.05, 0) is 56.5 Å². The normalized spacial score (nSPS) is 16.0. The molecule has 132 valence electrons. The number of nitrogens with zero attached hydrogens (tertiary/aromatic N) is 1. The monoisotopic (exact) mass is 331 g/mol. The third-order valence-electron chi connectivity index (χ3n) is 4.70. The Hall–Kier alpha value is -1.88. The molecule has 1 aliphatic rings. The largest absolute Gasteiger partial charge is 0.369 e. The molecule has 0 saturated carbocycles. The molecule has 0 atom stereocenters. The predicted molar refractivity (Wildman–Crippen MR) is 96.7 cm³/mol. The van der Waals surface area contributed by atoms with Gasteiger partial charge < -0.3 is 16.0 Å². The second kappa shape index (κ2) is 9.42. The van der Waals surface area contributed by atoms with Crippen LogP contribution in [0.2, 0.25) is 0 Å². The molecule has 1 aromatic carbocycles. The first-order valence-electron chi connectivity index (χ1n) is 8.99. The van der Waals surface area contributed by atoms with Crippen molar-refractivity contribution in [3.63, 3.8) is 0 Å². The van der Waals surface area contributed by atoms with Crippen molar-refractivity contribution in [2.45, 2.75) is 45.4 Å². The highest BCUT2D eigenvalue weighted by Gasteiger charge is 2.23. The van der Waals surface area contributed by atoms with Gasteiger partial charge in [-0.2, -0.15) is 0 Å². The number of carbonyl (C=O) groups excluding carboxylic acids is 2. The fourth-order valence-electron chi connectivity index (χ4n) is 3.06. The van der Waals surface area contributed by atoms with E-state index in [1.807, 2.05) is 12.1 Å². The number of carbonyl (C=O) groups is 2. The van der Waals surface area contributed by atoms with E-state index in [1.165, 1.54) is 18.4 Å². The number of hydrogen-bond donors (Lipinski definition) is 2. The molecule has 0 bridgehead atoms. The highest BCUT2D eigenvalue weighted by molar-refractivity contribution is 5.90. The Bertz CT molecular complexity index is 534. The molecule has 0 radical (unpaired) electrons. The Morgan fingerprint density at radius 3 is 2.46 bits per heavy atom. The van der Waals surface area contributed by atoms with Gasteiger partial charge in [-0.25, -0.2) is 0 Å². The SMILES string of the molecule is CCCCc1ccc(NC(=O)CCN2CCC(C(N)=O)CC2)cc1. The zero-order chi connectivity index (χ0) is 17.4. The summed E-state index contributed by atoms with van der Waals surface area (Å²) in [6, 6.07) is 8.11. The highest BCUT2D eigenvalue weighted by Crippen LogP contribution is 2.17. The van der Waals surface area contributed by atoms with Crippen LogP contribution in [0.25, 0.3) is 0 Å². The van der Waals surface area contributed by atoms with Gasteiger partial charge in [0.25, 0.3) is 0 Å². The lowest BCUT2D eigenvalue weighted by atomic mass is 9.96. The van der Waals surface area contributed by atoms with Crippen LogP contribution in [-0.4, -0.2) is 36.3 Å². The summed E-state index contributed by atoms with van der Waals surface area (Å²) in [7, 11) is 0. The maximum Gasteiger partial charge on any atom is 0.225 e. The van der Waals surface area contributed by atoms with Crippen molar-refractivity contribution in [1.29, 1.82) is 0 Å². The van der Waals surface area contributed by atoms with Crippen LogP contribution in [0.4, 0.5) is 5.69 Å². The van der Waals surface area contributed by atoms with E-state index in [9.17, 15) is 9.59 Å². The average molecular weight is 331 g/mol. The molecule has 2 rings (SSSR count). The second-order valence-electron chi connectivity index (χ2n) is 6.62. The first-order chi connectivity index (χ1) is 11.6. The van der Waals surface area contributed by atoms with Crippen LogP contribution >= 0.6 is 0 Å². The number of anilines is 1. The molecule has 0 aliphatic carbocycles. The number of aryl methyl sites for hydroxylation is 1. The van der Waals surface area contributed by atoms with Crippen molar-refractivity contribution >= 4 is 17.5 Å². The summed E-state index contributed by atoms with van der Waals surface area (Å²) in [6.45, 7) is 4.59. The maximum absolute atomic E-state index is 12.1. The van der Waals surface area contributed by atoms with Gasteiger partial charge in [-0.15, -0.1) is 0 Å². The van der Waals surface area contributed by atoms with Crippen molar-refractivity contribution < 1.29 is 9.59 Å². The Balaban J connectivity index is 1.69. The molecule has 0 aromatic heterocycles. The van der Waals surface area contributed by atoms with Crippen molar-refractivity contribution in [2.24, 2.45) is 11.7 Å². The summed E-state index contributed by atoms with van der Waals surface area (Å²) in [4.78, 5) is 25.5. The number of hydrogen-bond acceptors (Lipinski definition) is 3. The number of rotatable bonds is 8. The fraction of sp³-hybridized carbons (Fsp3) is 0.579. The molecular weight excluding hydrogens is 302 g/mol. The molecule has 24 heavy (non-hydrogen) atoms. The average Bonchev–Trinajstić information content (AvgIpc) is 2.59. The standard InChI is InChI=1S/C19H29N3O2/c1-2-3-4-15-5-7-17(8-6-15)21-18(23)11-14-22-12-9-16(10-13-22)19(20)24/h5-8,16H,2-4,9-14H2,1H3,(H2,20,24)(H,21,23). The van der Waals surface area contributed by atoms with Crippen LogP contribution in [0, 0.1) is 5.92 Å².